The van der Waals surface area contributed by atoms with Crippen LogP contribution in [0.3, 0.4) is 0 Å². The van der Waals surface area contributed by atoms with Crippen LogP contribution in [0.5, 0.6) is 0 Å². The zero-order valence-electron chi connectivity index (χ0n) is 16.2. The topological polar surface area (TPSA) is 93.1 Å². The molecule has 4 atom stereocenters. The van der Waals surface area contributed by atoms with Crippen LogP contribution in [-0.4, -0.2) is 45.6 Å². The molecule has 0 radical (unpaired) electrons. The lowest BCUT2D eigenvalue weighted by atomic mass is 9.86. The first-order valence-corrected chi connectivity index (χ1v) is 9.65. The first-order valence-electron chi connectivity index (χ1n) is 9.65. The predicted octanol–water partition coefficient (Wildman–Crippen LogP) is 2.51. The van der Waals surface area contributed by atoms with E-state index < -0.39 is 23.1 Å². The van der Waals surface area contributed by atoms with Crippen molar-refractivity contribution in [3.05, 3.63) is 12.2 Å². The van der Waals surface area contributed by atoms with E-state index in [-0.39, 0.29) is 24.0 Å². The van der Waals surface area contributed by atoms with Crippen molar-refractivity contribution >= 4 is 11.9 Å². The molecule has 6 heteroatoms. The third-order valence-electron chi connectivity index (χ3n) is 5.34. The van der Waals surface area contributed by atoms with E-state index in [0.717, 1.165) is 12.8 Å². The third kappa shape index (κ3) is 4.29. The van der Waals surface area contributed by atoms with Crippen LogP contribution in [0.2, 0.25) is 0 Å². The fourth-order valence-corrected chi connectivity index (χ4v) is 3.95. The lowest BCUT2D eigenvalue weighted by Crippen LogP contribution is -2.45. The van der Waals surface area contributed by atoms with Gasteiger partial charge in [-0.1, -0.05) is 12.2 Å². The highest BCUT2D eigenvalue weighted by Crippen LogP contribution is 2.41. The van der Waals surface area contributed by atoms with Crippen molar-refractivity contribution in [3.8, 4) is 0 Å². The molecule has 0 heterocycles. The number of hydrogen-bond acceptors (Lipinski definition) is 6. The summed E-state index contributed by atoms with van der Waals surface area (Å²) in [5.74, 6) is -1.94. The van der Waals surface area contributed by atoms with Gasteiger partial charge in [-0.3, -0.25) is 0 Å². The van der Waals surface area contributed by atoms with Crippen molar-refractivity contribution in [2.45, 2.75) is 89.6 Å². The Morgan fingerprint density at radius 1 is 0.846 bits per heavy atom. The Hall–Kier alpha value is -1.40. The Kier molecular flexibility index (Phi) is 6.51. The van der Waals surface area contributed by atoms with Crippen LogP contribution in [0.4, 0.5) is 0 Å². The smallest absolute Gasteiger partial charge is 0.338 e. The Bertz CT molecular complexity index is 507. The molecule has 148 valence electrons. The third-order valence-corrected chi connectivity index (χ3v) is 5.34. The van der Waals surface area contributed by atoms with Crippen molar-refractivity contribution in [1.29, 1.82) is 0 Å². The predicted molar refractivity (Wildman–Crippen MR) is 96.2 cm³/mol. The van der Waals surface area contributed by atoms with E-state index in [1.807, 2.05) is 0 Å². The molecule has 2 saturated carbocycles. The molecule has 2 fully saturated rings. The molecular weight excluding hydrogens is 336 g/mol. The second-order valence-corrected chi connectivity index (χ2v) is 8.14. The van der Waals surface area contributed by atoms with Crippen LogP contribution in [0, 0.1) is 11.8 Å². The normalized spacial score (nSPS) is 34.8. The van der Waals surface area contributed by atoms with Crippen molar-refractivity contribution in [2.24, 2.45) is 11.8 Å². The molecule has 0 aromatic rings. The minimum Gasteiger partial charge on any atom is -0.461 e. The number of carbonyl (C=O) groups is 2. The van der Waals surface area contributed by atoms with Gasteiger partial charge in [0.05, 0.1) is 12.2 Å². The monoisotopic (exact) mass is 368 g/mol. The van der Waals surface area contributed by atoms with Gasteiger partial charge in [0.1, 0.15) is 0 Å². The summed E-state index contributed by atoms with van der Waals surface area (Å²) in [6.07, 6.45) is 6.48. The highest BCUT2D eigenvalue weighted by Gasteiger charge is 2.50. The summed E-state index contributed by atoms with van der Waals surface area (Å²) in [5, 5.41) is 21.6. The lowest BCUT2D eigenvalue weighted by molar-refractivity contribution is -0.173. The molecule has 6 nitrogen and oxygen atoms in total. The maximum absolute atomic E-state index is 12.3. The van der Waals surface area contributed by atoms with E-state index in [1.54, 1.807) is 39.8 Å². The minimum atomic E-state index is -1.53. The van der Waals surface area contributed by atoms with Crippen LogP contribution >= 0.6 is 0 Å². The summed E-state index contributed by atoms with van der Waals surface area (Å²) in [6.45, 7) is 7.00. The molecule has 0 saturated heterocycles. The highest BCUT2D eigenvalue weighted by atomic mass is 16.6. The van der Waals surface area contributed by atoms with Gasteiger partial charge in [0.25, 0.3) is 0 Å². The summed E-state index contributed by atoms with van der Waals surface area (Å²) in [5.41, 5.74) is -3.06. The van der Waals surface area contributed by atoms with E-state index in [4.69, 9.17) is 9.47 Å². The molecule has 0 spiro atoms. The van der Waals surface area contributed by atoms with Crippen molar-refractivity contribution < 1.29 is 29.3 Å². The lowest BCUT2D eigenvalue weighted by Gasteiger charge is -2.29. The van der Waals surface area contributed by atoms with E-state index in [1.165, 1.54) is 0 Å². The number of carbonyl (C=O) groups excluding carboxylic acids is 2. The van der Waals surface area contributed by atoms with Gasteiger partial charge >= 0.3 is 11.9 Å². The molecule has 0 aliphatic heterocycles. The van der Waals surface area contributed by atoms with Gasteiger partial charge in [-0.25, -0.2) is 9.59 Å². The highest BCUT2D eigenvalue weighted by molar-refractivity contribution is 5.81. The van der Waals surface area contributed by atoms with Gasteiger partial charge in [-0.2, -0.15) is 0 Å². The van der Waals surface area contributed by atoms with Gasteiger partial charge in [0.15, 0.2) is 11.2 Å². The average Bonchev–Trinajstić information content (AvgIpc) is 3.09. The zero-order valence-corrected chi connectivity index (χ0v) is 16.2. The van der Waals surface area contributed by atoms with Gasteiger partial charge in [-0.15, -0.1) is 0 Å². The molecule has 0 bridgehead atoms. The van der Waals surface area contributed by atoms with Crippen LogP contribution in [0.25, 0.3) is 0 Å². The molecular formula is C20H32O6. The number of aliphatic hydroxyl groups is 2. The summed E-state index contributed by atoms with van der Waals surface area (Å²) in [7, 11) is 0. The number of hydrogen-bond donors (Lipinski definition) is 2. The summed E-state index contributed by atoms with van der Waals surface area (Å²) < 4.78 is 10.4. The van der Waals surface area contributed by atoms with E-state index in [9.17, 15) is 19.8 Å². The van der Waals surface area contributed by atoms with E-state index in [2.05, 4.69) is 0 Å². The quantitative estimate of drug-likeness (QED) is 0.553. The SMILES string of the molecule is CC(C)OC(=O)C1(O)CCCC1/C=C/C1CCCC1(O)C(=O)OC(C)C. The first-order chi connectivity index (χ1) is 12.1. The van der Waals surface area contributed by atoms with Crippen LogP contribution in [0.1, 0.15) is 66.2 Å². The molecule has 2 aliphatic rings. The van der Waals surface area contributed by atoms with Gasteiger partial charge in [0, 0.05) is 11.8 Å². The maximum Gasteiger partial charge on any atom is 0.338 e. The standard InChI is InChI=1S/C20H32O6/c1-13(2)25-17(21)19(23)11-5-7-15(19)9-10-16-8-6-12-20(16,24)18(22)26-14(3)4/h9-10,13-16,23-24H,5-8,11-12H2,1-4H3/b10-9+. The fraction of sp³-hybridized carbons (Fsp3) is 0.800. The Balaban J connectivity index is 2.12. The van der Waals surface area contributed by atoms with Crippen molar-refractivity contribution in [1.82, 2.24) is 0 Å². The number of rotatable bonds is 6. The average molecular weight is 368 g/mol. The summed E-state index contributed by atoms with van der Waals surface area (Å²) >= 11 is 0. The van der Waals surface area contributed by atoms with Crippen LogP contribution in [-0.2, 0) is 19.1 Å². The van der Waals surface area contributed by atoms with Crippen LogP contribution in [0.15, 0.2) is 12.2 Å². The number of ether oxygens (including phenoxy) is 2. The summed E-state index contributed by atoms with van der Waals surface area (Å²) in [6, 6.07) is 0. The van der Waals surface area contributed by atoms with Gasteiger partial charge in [0.2, 0.25) is 0 Å². The molecule has 26 heavy (non-hydrogen) atoms. The minimum absolute atomic E-state index is 0.289. The Morgan fingerprint density at radius 2 is 1.19 bits per heavy atom. The van der Waals surface area contributed by atoms with Gasteiger partial charge < -0.3 is 19.7 Å². The Morgan fingerprint density at radius 3 is 1.50 bits per heavy atom. The Labute approximate surface area is 155 Å². The second-order valence-electron chi connectivity index (χ2n) is 8.14. The maximum atomic E-state index is 12.3. The molecule has 0 amide bonds. The van der Waals surface area contributed by atoms with Crippen LogP contribution < -0.4 is 0 Å². The molecule has 0 aromatic carbocycles. The van der Waals surface area contributed by atoms with E-state index >= 15 is 0 Å². The number of esters is 2. The first kappa shape index (κ1) is 20.9. The van der Waals surface area contributed by atoms with Gasteiger partial charge in [-0.05, 0) is 66.2 Å². The zero-order chi connectivity index (χ0) is 19.5. The van der Waals surface area contributed by atoms with E-state index in [0.29, 0.717) is 25.7 Å². The van der Waals surface area contributed by atoms with Crippen molar-refractivity contribution in [2.75, 3.05) is 0 Å². The molecule has 2 rings (SSSR count). The fourth-order valence-electron chi connectivity index (χ4n) is 3.95. The van der Waals surface area contributed by atoms with Crippen molar-refractivity contribution in [3.63, 3.8) is 0 Å². The molecule has 0 aromatic heterocycles. The largest absolute Gasteiger partial charge is 0.461 e. The molecule has 2 N–H and O–H groups in total. The summed E-state index contributed by atoms with van der Waals surface area (Å²) in [4.78, 5) is 24.6. The molecule has 2 aliphatic carbocycles. The molecule has 4 unspecified atom stereocenters. The second kappa shape index (κ2) is 8.09.